The van der Waals surface area contributed by atoms with Crippen molar-refractivity contribution < 1.29 is 9.94 Å². The molecule has 3 nitrogen and oxygen atoms in total. The van der Waals surface area contributed by atoms with Crippen molar-refractivity contribution in [2.75, 3.05) is 6.61 Å². The molecule has 0 aliphatic carbocycles. The van der Waals surface area contributed by atoms with Gasteiger partial charge in [0.05, 0.1) is 10.6 Å². The summed E-state index contributed by atoms with van der Waals surface area (Å²) >= 11 is 1.45. The molecule has 66 valence electrons. The molecule has 0 aromatic carbocycles. The van der Waals surface area contributed by atoms with E-state index in [2.05, 4.69) is 5.16 Å². The average molecular weight is 185 g/mol. The van der Waals surface area contributed by atoms with Gasteiger partial charge in [-0.15, -0.1) is 11.3 Å². The van der Waals surface area contributed by atoms with Crippen LogP contribution in [0, 0.1) is 0 Å². The molecule has 1 heterocycles. The Morgan fingerprint density at radius 1 is 1.75 bits per heavy atom. The van der Waals surface area contributed by atoms with Gasteiger partial charge in [0.25, 0.3) is 0 Å². The van der Waals surface area contributed by atoms with Gasteiger partial charge in [-0.3, -0.25) is 0 Å². The molecule has 1 N–H and O–H groups in total. The van der Waals surface area contributed by atoms with Gasteiger partial charge in [-0.05, 0) is 25.3 Å². The topological polar surface area (TPSA) is 41.8 Å². The molecule has 0 saturated heterocycles. The lowest BCUT2D eigenvalue weighted by molar-refractivity contribution is 0.159. The lowest BCUT2D eigenvalue weighted by atomic mass is 10.3. The first-order valence-electron chi connectivity index (χ1n) is 3.69. The van der Waals surface area contributed by atoms with Crippen LogP contribution in [0.15, 0.2) is 16.6 Å². The van der Waals surface area contributed by atoms with Gasteiger partial charge in [0.2, 0.25) is 0 Å². The van der Waals surface area contributed by atoms with Crippen LogP contribution >= 0.6 is 11.3 Å². The van der Waals surface area contributed by atoms with Gasteiger partial charge in [-0.2, -0.15) is 0 Å². The summed E-state index contributed by atoms with van der Waals surface area (Å²) in [5.41, 5.74) is 0.712. The van der Waals surface area contributed by atoms with Crippen LogP contribution in [0.25, 0.3) is 0 Å². The van der Waals surface area contributed by atoms with Crippen LogP contribution in [0.5, 0.6) is 5.75 Å². The minimum atomic E-state index is 0.265. The second kappa shape index (κ2) is 4.11. The molecule has 0 spiro atoms. The van der Waals surface area contributed by atoms with E-state index in [0.717, 1.165) is 4.88 Å². The zero-order valence-electron chi connectivity index (χ0n) is 7.07. The predicted octanol–water partition coefficient (Wildman–Crippen LogP) is 2.21. The molecule has 0 unspecified atom stereocenters. The third-order valence-electron chi connectivity index (χ3n) is 1.30. The minimum absolute atomic E-state index is 0.265. The summed E-state index contributed by atoms with van der Waals surface area (Å²) in [4.78, 5) is 5.62. The van der Waals surface area contributed by atoms with Crippen molar-refractivity contribution in [3.63, 3.8) is 0 Å². The van der Waals surface area contributed by atoms with Gasteiger partial charge in [-0.1, -0.05) is 5.16 Å². The Morgan fingerprint density at radius 2 is 2.50 bits per heavy atom. The summed E-state index contributed by atoms with van der Waals surface area (Å²) in [6.45, 7) is 4.22. The van der Waals surface area contributed by atoms with Crippen LogP contribution in [-0.2, 0) is 4.84 Å². The van der Waals surface area contributed by atoms with E-state index in [0.29, 0.717) is 12.3 Å². The van der Waals surface area contributed by atoms with E-state index in [4.69, 9.17) is 4.84 Å². The van der Waals surface area contributed by atoms with Crippen LogP contribution in [0.2, 0.25) is 0 Å². The Bertz CT molecular complexity index is 280. The molecule has 0 amide bonds. The third kappa shape index (κ3) is 1.98. The Labute approximate surface area is 75.3 Å². The highest BCUT2D eigenvalue weighted by atomic mass is 32.1. The molecular weight excluding hydrogens is 174 g/mol. The SMILES string of the molecule is CCO/N=C(/C)c1sccc1O. The number of rotatable bonds is 3. The van der Waals surface area contributed by atoms with Crippen molar-refractivity contribution in [3.05, 3.63) is 16.3 Å². The molecule has 1 aromatic rings. The largest absolute Gasteiger partial charge is 0.506 e. The highest BCUT2D eigenvalue weighted by molar-refractivity contribution is 7.12. The van der Waals surface area contributed by atoms with Crippen LogP contribution in [0.4, 0.5) is 0 Å². The van der Waals surface area contributed by atoms with E-state index < -0.39 is 0 Å². The highest BCUT2D eigenvalue weighted by Crippen LogP contribution is 2.23. The zero-order valence-corrected chi connectivity index (χ0v) is 7.89. The quantitative estimate of drug-likeness (QED) is 0.579. The van der Waals surface area contributed by atoms with E-state index in [1.54, 1.807) is 13.0 Å². The van der Waals surface area contributed by atoms with E-state index in [1.807, 2.05) is 12.3 Å². The van der Waals surface area contributed by atoms with Crippen LogP contribution in [-0.4, -0.2) is 17.4 Å². The smallest absolute Gasteiger partial charge is 0.135 e. The normalized spacial score (nSPS) is 11.7. The van der Waals surface area contributed by atoms with Crippen molar-refractivity contribution in [2.24, 2.45) is 5.16 Å². The third-order valence-corrected chi connectivity index (χ3v) is 2.32. The number of oxime groups is 1. The molecule has 0 aliphatic rings. The number of nitrogens with zero attached hydrogens (tertiary/aromatic N) is 1. The molecule has 0 saturated carbocycles. The van der Waals surface area contributed by atoms with Crippen molar-refractivity contribution in [1.82, 2.24) is 0 Å². The van der Waals surface area contributed by atoms with Gasteiger partial charge in [-0.25, -0.2) is 0 Å². The summed E-state index contributed by atoms with van der Waals surface area (Å²) in [5.74, 6) is 0.265. The van der Waals surface area contributed by atoms with E-state index in [-0.39, 0.29) is 5.75 Å². The fourth-order valence-electron chi connectivity index (χ4n) is 0.776. The maximum atomic E-state index is 9.29. The molecule has 0 fully saturated rings. The number of hydrogen-bond acceptors (Lipinski definition) is 4. The monoisotopic (exact) mass is 185 g/mol. The van der Waals surface area contributed by atoms with Crippen molar-refractivity contribution in [2.45, 2.75) is 13.8 Å². The number of thiophene rings is 1. The molecule has 0 radical (unpaired) electrons. The maximum Gasteiger partial charge on any atom is 0.135 e. The molecular formula is C8H11NO2S. The standard InChI is InChI=1S/C8H11NO2S/c1-3-11-9-6(2)8-7(10)4-5-12-8/h4-5,10H,3H2,1-2H3/b9-6-. The Kier molecular flexibility index (Phi) is 3.10. The summed E-state index contributed by atoms with van der Waals surface area (Å²) in [6.07, 6.45) is 0. The summed E-state index contributed by atoms with van der Waals surface area (Å²) in [7, 11) is 0. The first-order chi connectivity index (χ1) is 5.75. The van der Waals surface area contributed by atoms with Crippen LogP contribution in [0.3, 0.4) is 0 Å². The Hall–Kier alpha value is -1.03. The van der Waals surface area contributed by atoms with Gasteiger partial charge < -0.3 is 9.94 Å². The highest BCUT2D eigenvalue weighted by Gasteiger charge is 2.05. The molecule has 0 bridgehead atoms. The molecule has 1 rings (SSSR count). The molecule has 0 atom stereocenters. The average Bonchev–Trinajstić information content (AvgIpc) is 2.47. The molecule has 1 aromatic heterocycles. The minimum Gasteiger partial charge on any atom is -0.506 e. The molecule has 0 aliphatic heterocycles. The van der Waals surface area contributed by atoms with Crippen molar-refractivity contribution >= 4 is 17.0 Å². The van der Waals surface area contributed by atoms with Crippen LogP contribution in [0.1, 0.15) is 18.7 Å². The van der Waals surface area contributed by atoms with E-state index in [9.17, 15) is 5.11 Å². The second-order valence-corrected chi connectivity index (χ2v) is 3.15. The Morgan fingerprint density at radius 3 is 3.00 bits per heavy atom. The first-order valence-corrected chi connectivity index (χ1v) is 4.57. The van der Waals surface area contributed by atoms with Crippen LogP contribution < -0.4 is 0 Å². The fourth-order valence-corrected chi connectivity index (χ4v) is 1.51. The van der Waals surface area contributed by atoms with Gasteiger partial charge >= 0.3 is 0 Å². The van der Waals surface area contributed by atoms with Crippen molar-refractivity contribution in [1.29, 1.82) is 0 Å². The molecule has 4 heteroatoms. The second-order valence-electron chi connectivity index (χ2n) is 2.23. The Balaban J connectivity index is 2.77. The lowest BCUT2D eigenvalue weighted by Crippen LogP contribution is -1.93. The van der Waals surface area contributed by atoms with Gasteiger partial charge in [0.1, 0.15) is 12.4 Å². The zero-order chi connectivity index (χ0) is 8.97. The fraction of sp³-hybridized carbons (Fsp3) is 0.375. The number of hydrogen-bond donors (Lipinski definition) is 1. The van der Waals surface area contributed by atoms with Gasteiger partial charge in [0.15, 0.2) is 0 Å². The van der Waals surface area contributed by atoms with Crippen molar-refractivity contribution in [3.8, 4) is 5.75 Å². The summed E-state index contributed by atoms with van der Waals surface area (Å²) in [5, 5.41) is 14.9. The summed E-state index contributed by atoms with van der Waals surface area (Å²) in [6, 6.07) is 1.64. The maximum absolute atomic E-state index is 9.29. The number of aromatic hydroxyl groups is 1. The molecule has 12 heavy (non-hydrogen) atoms. The van der Waals surface area contributed by atoms with E-state index in [1.165, 1.54) is 11.3 Å². The predicted molar refractivity (Wildman–Crippen MR) is 49.8 cm³/mol. The van der Waals surface area contributed by atoms with E-state index >= 15 is 0 Å². The first kappa shape index (κ1) is 9.06. The lowest BCUT2D eigenvalue weighted by Gasteiger charge is -1.97. The summed E-state index contributed by atoms with van der Waals surface area (Å²) < 4.78 is 0. The van der Waals surface area contributed by atoms with Gasteiger partial charge in [0, 0.05) is 0 Å².